The van der Waals surface area contributed by atoms with E-state index in [0.29, 0.717) is 6.42 Å². The molecule has 3 heteroatoms. The average molecular weight is 334 g/mol. The molecule has 1 aliphatic heterocycles. The van der Waals surface area contributed by atoms with Crippen LogP contribution in [0.15, 0.2) is 54.9 Å². The lowest BCUT2D eigenvalue weighted by molar-refractivity contribution is 0.0158. The van der Waals surface area contributed by atoms with E-state index in [0.717, 1.165) is 37.1 Å². The summed E-state index contributed by atoms with van der Waals surface area (Å²) in [5.74, 6) is 0.279. The van der Waals surface area contributed by atoms with Crippen LogP contribution in [-0.4, -0.2) is 20.8 Å². The summed E-state index contributed by atoms with van der Waals surface area (Å²) in [6.45, 7) is 7.02. The van der Waals surface area contributed by atoms with Gasteiger partial charge in [0, 0.05) is 17.5 Å². The molecule has 2 aromatic rings. The molecule has 0 amide bonds. The summed E-state index contributed by atoms with van der Waals surface area (Å²) < 4.78 is 2.27. The molecule has 0 radical (unpaired) electrons. The van der Waals surface area contributed by atoms with Gasteiger partial charge < -0.3 is 9.67 Å². The van der Waals surface area contributed by atoms with Crippen molar-refractivity contribution in [3.05, 3.63) is 60.6 Å². The Morgan fingerprint density at radius 1 is 1.40 bits per heavy atom. The average Bonchev–Trinajstić information content (AvgIpc) is 3.01. The summed E-state index contributed by atoms with van der Waals surface area (Å²) in [5.41, 5.74) is 4.90. The number of nitrogens with zero attached hydrogens (tertiary/aromatic N) is 2. The highest BCUT2D eigenvalue weighted by Crippen LogP contribution is 2.51. The van der Waals surface area contributed by atoms with Crippen molar-refractivity contribution in [3.63, 3.8) is 0 Å². The minimum atomic E-state index is -0.315. The molecule has 4 rings (SSSR count). The third-order valence-electron chi connectivity index (χ3n) is 6.12. The molecule has 0 unspecified atom stereocenters. The molecule has 1 aromatic carbocycles. The first-order valence-corrected chi connectivity index (χ1v) is 9.24. The Labute approximate surface area is 149 Å². The van der Waals surface area contributed by atoms with Crippen LogP contribution in [0.4, 0.5) is 0 Å². The zero-order chi connectivity index (χ0) is 17.4. The van der Waals surface area contributed by atoms with Gasteiger partial charge in [0.25, 0.3) is 0 Å². The van der Waals surface area contributed by atoms with E-state index in [1.54, 1.807) is 0 Å². The van der Waals surface area contributed by atoms with Gasteiger partial charge in [-0.25, -0.2) is 4.98 Å². The molecule has 0 spiro atoms. The van der Waals surface area contributed by atoms with Crippen LogP contribution in [0.25, 0.3) is 17.3 Å². The molecule has 0 saturated heterocycles. The second kappa shape index (κ2) is 6.30. The number of imidazole rings is 1. The molecule has 1 N–H and O–H groups in total. The van der Waals surface area contributed by atoms with Crippen molar-refractivity contribution in [2.45, 2.75) is 45.3 Å². The number of benzene rings is 1. The van der Waals surface area contributed by atoms with Gasteiger partial charge in [-0.1, -0.05) is 48.9 Å². The van der Waals surface area contributed by atoms with Gasteiger partial charge in [0.15, 0.2) is 0 Å². The summed E-state index contributed by atoms with van der Waals surface area (Å²) in [4.78, 5) is 4.70. The fourth-order valence-electron chi connectivity index (χ4n) is 4.77. The van der Waals surface area contributed by atoms with E-state index in [1.807, 2.05) is 18.5 Å². The molecule has 2 aliphatic rings. The van der Waals surface area contributed by atoms with Crippen LogP contribution in [-0.2, 0) is 6.54 Å². The van der Waals surface area contributed by atoms with Crippen molar-refractivity contribution in [3.8, 4) is 11.3 Å². The maximum atomic E-state index is 10.7. The number of hydrogen-bond donors (Lipinski definition) is 1. The molecule has 1 fully saturated rings. The fraction of sp³-hybridized carbons (Fsp3) is 0.409. The van der Waals surface area contributed by atoms with Gasteiger partial charge in [0.2, 0.25) is 0 Å². The van der Waals surface area contributed by atoms with Gasteiger partial charge in [0.05, 0.1) is 23.8 Å². The lowest BCUT2D eigenvalue weighted by atomic mass is 9.61. The van der Waals surface area contributed by atoms with Crippen LogP contribution in [0.5, 0.6) is 0 Å². The Morgan fingerprint density at radius 3 is 2.96 bits per heavy atom. The molecule has 0 bridgehead atoms. The molecular weight excluding hydrogens is 308 g/mol. The van der Waals surface area contributed by atoms with Crippen LogP contribution in [0.1, 0.15) is 38.3 Å². The monoisotopic (exact) mass is 334 g/mol. The molecular formula is C22H26N2O. The SMILES string of the molecule is C=CC[C@H](O)[C@H]1CCCC2=Cc3c(-c4ccccc4)ncn3C[C@@]21C. The number of aromatic nitrogens is 2. The van der Waals surface area contributed by atoms with Gasteiger partial charge in [-0.3, -0.25) is 0 Å². The molecule has 1 aromatic heterocycles. The highest BCUT2D eigenvalue weighted by molar-refractivity contribution is 5.72. The zero-order valence-electron chi connectivity index (χ0n) is 14.9. The Bertz CT molecular complexity index is 805. The maximum absolute atomic E-state index is 10.7. The molecule has 1 saturated carbocycles. The van der Waals surface area contributed by atoms with E-state index in [9.17, 15) is 5.11 Å². The summed E-state index contributed by atoms with van der Waals surface area (Å²) >= 11 is 0. The third kappa shape index (κ3) is 2.67. The summed E-state index contributed by atoms with van der Waals surface area (Å²) in [6.07, 6.45) is 9.84. The highest BCUT2D eigenvalue weighted by atomic mass is 16.3. The van der Waals surface area contributed by atoms with Gasteiger partial charge in [-0.05, 0) is 37.7 Å². The van der Waals surface area contributed by atoms with Crippen LogP contribution < -0.4 is 0 Å². The van der Waals surface area contributed by atoms with Crippen LogP contribution in [0.2, 0.25) is 0 Å². The Hall–Kier alpha value is -2.13. The van der Waals surface area contributed by atoms with Crippen molar-refractivity contribution in [2.24, 2.45) is 11.3 Å². The van der Waals surface area contributed by atoms with Crippen molar-refractivity contribution in [2.75, 3.05) is 0 Å². The molecule has 1 aliphatic carbocycles. The minimum Gasteiger partial charge on any atom is -0.392 e. The third-order valence-corrected chi connectivity index (χ3v) is 6.12. The van der Waals surface area contributed by atoms with Gasteiger partial charge in [0.1, 0.15) is 0 Å². The number of fused-ring (bicyclic) bond motifs is 2. The van der Waals surface area contributed by atoms with Gasteiger partial charge in [-0.15, -0.1) is 6.58 Å². The first-order valence-electron chi connectivity index (χ1n) is 9.24. The van der Waals surface area contributed by atoms with Crippen LogP contribution in [0.3, 0.4) is 0 Å². The van der Waals surface area contributed by atoms with Crippen molar-refractivity contribution < 1.29 is 5.11 Å². The minimum absolute atomic E-state index is 0.00232. The van der Waals surface area contributed by atoms with Gasteiger partial charge in [-0.2, -0.15) is 0 Å². The first kappa shape index (κ1) is 16.3. The number of aliphatic hydroxyl groups excluding tert-OH is 1. The van der Waals surface area contributed by atoms with E-state index < -0.39 is 0 Å². The fourth-order valence-corrected chi connectivity index (χ4v) is 4.77. The molecule has 3 nitrogen and oxygen atoms in total. The quantitative estimate of drug-likeness (QED) is 0.824. The number of aliphatic hydroxyl groups is 1. The molecule has 130 valence electrons. The smallest absolute Gasteiger partial charge is 0.0958 e. The largest absolute Gasteiger partial charge is 0.392 e. The molecule has 2 heterocycles. The normalized spacial score (nSPS) is 26.3. The van der Waals surface area contributed by atoms with E-state index in [1.165, 1.54) is 11.3 Å². The topological polar surface area (TPSA) is 38.1 Å². The van der Waals surface area contributed by atoms with E-state index >= 15 is 0 Å². The van der Waals surface area contributed by atoms with E-state index in [-0.39, 0.29) is 17.4 Å². The number of hydrogen-bond acceptors (Lipinski definition) is 2. The summed E-state index contributed by atoms with van der Waals surface area (Å²) in [5, 5.41) is 10.7. The van der Waals surface area contributed by atoms with Crippen LogP contribution >= 0.6 is 0 Å². The number of allylic oxidation sites excluding steroid dienone is 1. The highest BCUT2D eigenvalue weighted by Gasteiger charge is 2.45. The van der Waals surface area contributed by atoms with Gasteiger partial charge >= 0.3 is 0 Å². The second-order valence-electron chi connectivity index (χ2n) is 7.65. The van der Waals surface area contributed by atoms with Crippen molar-refractivity contribution in [1.29, 1.82) is 0 Å². The molecule has 3 atom stereocenters. The van der Waals surface area contributed by atoms with Crippen LogP contribution in [0, 0.1) is 11.3 Å². The lowest BCUT2D eigenvalue weighted by Gasteiger charge is -2.48. The first-order chi connectivity index (χ1) is 12.1. The maximum Gasteiger partial charge on any atom is 0.0958 e. The second-order valence-corrected chi connectivity index (χ2v) is 7.65. The van der Waals surface area contributed by atoms with Crippen molar-refractivity contribution in [1.82, 2.24) is 9.55 Å². The Kier molecular flexibility index (Phi) is 4.12. The predicted octanol–water partition coefficient (Wildman–Crippen LogP) is 4.69. The Balaban J connectivity index is 1.74. The Morgan fingerprint density at radius 2 is 2.20 bits per heavy atom. The lowest BCUT2D eigenvalue weighted by Crippen LogP contribution is -2.44. The van der Waals surface area contributed by atoms with Crippen molar-refractivity contribution >= 4 is 6.08 Å². The predicted molar refractivity (Wildman–Crippen MR) is 102 cm³/mol. The molecule has 25 heavy (non-hydrogen) atoms. The van der Waals surface area contributed by atoms with E-state index in [2.05, 4.69) is 48.4 Å². The van der Waals surface area contributed by atoms with E-state index in [4.69, 9.17) is 4.98 Å². The zero-order valence-corrected chi connectivity index (χ0v) is 14.9. The summed E-state index contributed by atoms with van der Waals surface area (Å²) in [6, 6.07) is 10.4. The standard InChI is InChI=1S/C22H26N2O/c1-3-8-20(25)18-12-7-11-17-13-19-21(16-9-5-4-6-10-16)23-15-24(19)14-22(17,18)2/h3-6,9-10,13,15,18,20,25H,1,7-8,11-12,14H2,2H3/t18-,20+,22+/m1/s1. The number of rotatable bonds is 4. The summed E-state index contributed by atoms with van der Waals surface area (Å²) in [7, 11) is 0.